The Morgan fingerprint density at radius 3 is 2.78 bits per heavy atom. The summed E-state index contributed by atoms with van der Waals surface area (Å²) in [6, 6.07) is 0. The van der Waals surface area contributed by atoms with E-state index in [1.165, 1.54) is 38.5 Å². The van der Waals surface area contributed by atoms with E-state index in [4.69, 9.17) is 0 Å². The molecule has 0 heterocycles. The van der Waals surface area contributed by atoms with Crippen LogP contribution in [0.4, 0.5) is 0 Å². The Kier molecular flexibility index (Phi) is 4.70. The lowest BCUT2D eigenvalue weighted by atomic mass is 9.73. The van der Waals surface area contributed by atoms with Crippen molar-refractivity contribution in [3.05, 3.63) is 23.3 Å². The van der Waals surface area contributed by atoms with E-state index in [-0.39, 0.29) is 0 Å². The van der Waals surface area contributed by atoms with E-state index >= 15 is 0 Å². The molecule has 1 fully saturated rings. The van der Waals surface area contributed by atoms with Crippen molar-refractivity contribution in [3.8, 4) is 0 Å². The highest BCUT2D eigenvalue weighted by atomic mass is 14.4. The van der Waals surface area contributed by atoms with Crippen molar-refractivity contribution >= 4 is 0 Å². The third-order valence-electron chi connectivity index (χ3n) is 5.48. The lowest BCUT2D eigenvalue weighted by Gasteiger charge is -2.32. The number of hydrogen-bond acceptors (Lipinski definition) is 0. The molecule has 0 N–H and O–H groups in total. The van der Waals surface area contributed by atoms with E-state index < -0.39 is 0 Å². The second kappa shape index (κ2) is 6.08. The summed E-state index contributed by atoms with van der Waals surface area (Å²) in [5.41, 5.74) is 3.35. The Morgan fingerprint density at radius 1 is 1.33 bits per heavy atom. The molecule has 18 heavy (non-hydrogen) atoms. The van der Waals surface area contributed by atoms with Gasteiger partial charge in [0.25, 0.3) is 0 Å². The molecule has 0 bridgehead atoms. The monoisotopic (exact) mass is 246 g/mol. The maximum absolute atomic E-state index is 2.62. The maximum atomic E-state index is 2.62. The first kappa shape index (κ1) is 13.9. The minimum Gasteiger partial charge on any atom is -0.0882 e. The number of hydrogen-bond donors (Lipinski definition) is 0. The molecule has 102 valence electrons. The normalized spacial score (nSPS) is 37.8. The quantitative estimate of drug-likeness (QED) is 0.544. The Balaban J connectivity index is 2.18. The van der Waals surface area contributed by atoms with Crippen LogP contribution in [0.3, 0.4) is 0 Å². The van der Waals surface area contributed by atoms with Crippen molar-refractivity contribution in [3.63, 3.8) is 0 Å². The maximum Gasteiger partial charge on any atom is -0.0194 e. The molecule has 0 aromatic carbocycles. The molecule has 0 spiro atoms. The molecule has 0 aromatic rings. The molecule has 0 aromatic heterocycles. The van der Waals surface area contributed by atoms with Gasteiger partial charge in [-0.25, -0.2) is 0 Å². The van der Waals surface area contributed by atoms with E-state index in [2.05, 4.69) is 39.8 Å². The predicted molar refractivity (Wildman–Crippen MR) is 80.5 cm³/mol. The van der Waals surface area contributed by atoms with Gasteiger partial charge in [-0.1, -0.05) is 37.1 Å². The molecule has 0 nitrogen and oxygen atoms in total. The summed E-state index contributed by atoms with van der Waals surface area (Å²) in [5.74, 6) is 3.62. The second-order valence-electron chi connectivity index (χ2n) is 6.58. The molecule has 4 atom stereocenters. The minimum absolute atomic E-state index is 0.861. The van der Waals surface area contributed by atoms with Gasteiger partial charge < -0.3 is 0 Å². The summed E-state index contributed by atoms with van der Waals surface area (Å²) in [6.45, 7) is 9.38. The average Bonchev–Trinajstić information content (AvgIpc) is 2.51. The van der Waals surface area contributed by atoms with Crippen LogP contribution in [0.25, 0.3) is 0 Å². The molecule has 1 saturated carbocycles. The molecule has 3 unspecified atom stereocenters. The van der Waals surface area contributed by atoms with E-state index in [1.54, 1.807) is 11.1 Å². The van der Waals surface area contributed by atoms with E-state index in [0.29, 0.717) is 0 Å². The van der Waals surface area contributed by atoms with Crippen LogP contribution >= 0.6 is 0 Å². The van der Waals surface area contributed by atoms with Gasteiger partial charge in [-0.05, 0) is 76.0 Å². The predicted octanol–water partition coefficient (Wildman–Crippen LogP) is 5.75. The second-order valence-corrected chi connectivity index (χ2v) is 6.58. The highest BCUT2D eigenvalue weighted by molar-refractivity contribution is 5.13. The van der Waals surface area contributed by atoms with Crippen molar-refractivity contribution in [2.45, 2.75) is 66.2 Å². The summed E-state index contributed by atoms with van der Waals surface area (Å²) >= 11 is 0. The molecule has 0 aliphatic heterocycles. The molecule has 0 amide bonds. The van der Waals surface area contributed by atoms with Crippen molar-refractivity contribution in [1.29, 1.82) is 0 Å². The molecule has 2 aliphatic carbocycles. The van der Waals surface area contributed by atoms with Crippen LogP contribution in [0.15, 0.2) is 23.3 Å². The van der Waals surface area contributed by atoms with Gasteiger partial charge in [-0.2, -0.15) is 0 Å². The largest absolute Gasteiger partial charge is 0.0882 e. The molecule has 2 aliphatic rings. The SMILES string of the molecule is C/C=C(/CC)[C@@H]1CCC(C)C2CCC(C)=CC2C1. The fourth-order valence-electron chi connectivity index (χ4n) is 4.32. The van der Waals surface area contributed by atoms with Gasteiger partial charge in [-0.15, -0.1) is 0 Å². The Morgan fingerprint density at radius 2 is 2.11 bits per heavy atom. The Bertz CT molecular complexity index is 334. The van der Waals surface area contributed by atoms with Crippen LogP contribution in [0.2, 0.25) is 0 Å². The van der Waals surface area contributed by atoms with Gasteiger partial charge in [0, 0.05) is 0 Å². The van der Waals surface area contributed by atoms with Gasteiger partial charge in [0.2, 0.25) is 0 Å². The average molecular weight is 246 g/mol. The number of rotatable bonds is 2. The van der Waals surface area contributed by atoms with Crippen LogP contribution in [-0.2, 0) is 0 Å². The van der Waals surface area contributed by atoms with Crippen LogP contribution in [0.1, 0.15) is 66.2 Å². The van der Waals surface area contributed by atoms with Gasteiger partial charge in [-0.3, -0.25) is 0 Å². The fourth-order valence-corrected chi connectivity index (χ4v) is 4.32. The Hall–Kier alpha value is -0.520. The van der Waals surface area contributed by atoms with Gasteiger partial charge in [0.15, 0.2) is 0 Å². The van der Waals surface area contributed by atoms with Gasteiger partial charge in [0.1, 0.15) is 0 Å². The highest BCUT2D eigenvalue weighted by Crippen LogP contribution is 2.44. The minimum atomic E-state index is 0.861. The molecule has 2 rings (SSSR count). The van der Waals surface area contributed by atoms with Crippen molar-refractivity contribution in [1.82, 2.24) is 0 Å². The first-order valence-corrected chi connectivity index (χ1v) is 7.98. The van der Waals surface area contributed by atoms with Gasteiger partial charge >= 0.3 is 0 Å². The number of allylic oxidation sites excluding steroid dienone is 4. The zero-order valence-corrected chi connectivity index (χ0v) is 12.7. The fraction of sp³-hybridized carbons (Fsp3) is 0.778. The summed E-state index contributed by atoms with van der Waals surface area (Å²) < 4.78 is 0. The van der Waals surface area contributed by atoms with E-state index in [9.17, 15) is 0 Å². The third kappa shape index (κ3) is 2.90. The van der Waals surface area contributed by atoms with Crippen LogP contribution in [-0.4, -0.2) is 0 Å². The zero-order valence-electron chi connectivity index (χ0n) is 12.7. The van der Waals surface area contributed by atoms with Crippen LogP contribution < -0.4 is 0 Å². The van der Waals surface area contributed by atoms with E-state index in [1.807, 2.05) is 0 Å². The van der Waals surface area contributed by atoms with E-state index in [0.717, 1.165) is 23.7 Å². The first-order chi connectivity index (χ1) is 8.65. The molecule has 0 saturated heterocycles. The summed E-state index contributed by atoms with van der Waals surface area (Å²) in [6.07, 6.45) is 13.3. The van der Waals surface area contributed by atoms with Crippen LogP contribution in [0, 0.1) is 23.7 Å². The topological polar surface area (TPSA) is 0 Å². The van der Waals surface area contributed by atoms with Crippen molar-refractivity contribution in [2.24, 2.45) is 23.7 Å². The summed E-state index contributed by atoms with van der Waals surface area (Å²) in [4.78, 5) is 0. The molecular weight excluding hydrogens is 216 g/mol. The van der Waals surface area contributed by atoms with Gasteiger partial charge in [0.05, 0.1) is 0 Å². The summed E-state index contributed by atoms with van der Waals surface area (Å²) in [7, 11) is 0. The molecule has 0 heteroatoms. The Labute approximate surface area is 114 Å². The molecule has 0 radical (unpaired) electrons. The standard InChI is InChI=1S/C18H30/c1-5-15(6-2)16-9-8-14(4)18-10-7-13(3)11-17(18)12-16/h5,11,14,16-18H,6-10,12H2,1-4H3/b15-5-/t14?,16-,17?,18?/m1/s1. The lowest BCUT2D eigenvalue weighted by molar-refractivity contribution is 0.249. The smallest absolute Gasteiger partial charge is 0.0194 e. The van der Waals surface area contributed by atoms with Crippen molar-refractivity contribution < 1.29 is 0 Å². The van der Waals surface area contributed by atoms with Crippen molar-refractivity contribution in [2.75, 3.05) is 0 Å². The first-order valence-electron chi connectivity index (χ1n) is 7.98. The third-order valence-corrected chi connectivity index (χ3v) is 5.48. The van der Waals surface area contributed by atoms with Crippen LogP contribution in [0.5, 0.6) is 0 Å². The molecular formula is C18H30. The lowest BCUT2D eigenvalue weighted by Crippen LogP contribution is -2.22. The zero-order chi connectivity index (χ0) is 13.1. The summed E-state index contributed by atoms with van der Waals surface area (Å²) in [5, 5.41) is 0. The number of fused-ring (bicyclic) bond motifs is 1. The highest BCUT2D eigenvalue weighted by Gasteiger charge is 2.33.